The van der Waals surface area contributed by atoms with Crippen molar-refractivity contribution in [2.45, 2.75) is 39.0 Å². The van der Waals surface area contributed by atoms with Crippen LogP contribution in [0.1, 0.15) is 20.8 Å². The zero-order chi connectivity index (χ0) is 13.1. The Kier molecular flexibility index (Phi) is 6.53. The molecule has 0 aromatic rings. The van der Waals surface area contributed by atoms with Crippen molar-refractivity contribution in [1.29, 1.82) is 0 Å². The molecule has 0 aromatic carbocycles. The van der Waals surface area contributed by atoms with Crippen molar-refractivity contribution in [3.05, 3.63) is 0 Å². The molecule has 1 N–H and O–H groups in total. The second-order valence-electron chi connectivity index (χ2n) is 5.58. The Bertz CT molecular complexity index is 294. The van der Waals surface area contributed by atoms with Gasteiger partial charge in [0.2, 0.25) is 5.91 Å². The van der Waals surface area contributed by atoms with Gasteiger partial charge < -0.3 is 15.0 Å². The fourth-order valence-corrected chi connectivity index (χ4v) is 2.77. The van der Waals surface area contributed by atoms with E-state index in [2.05, 4.69) is 17.1 Å². The highest BCUT2D eigenvalue weighted by molar-refractivity contribution is 5.85. The molecule has 0 radical (unpaired) electrons. The Morgan fingerprint density at radius 1 is 1.26 bits per heavy atom. The van der Waals surface area contributed by atoms with Crippen molar-refractivity contribution in [3.8, 4) is 0 Å². The van der Waals surface area contributed by atoms with Crippen LogP contribution in [-0.2, 0) is 9.53 Å². The van der Waals surface area contributed by atoms with Gasteiger partial charge in [0.1, 0.15) is 0 Å². The van der Waals surface area contributed by atoms with E-state index in [4.69, 9.17) is 4.74 Å². The molecule has 2 fully saturated rings. The third-order valence-corrected chi connectivity index (χ3v) is 3.75. The summed E-state index contributed by atoms with van der Waals surface area (Å²) in [5.41, 5.74) is 0. The van der Waals surface area contributed by atoms with Gasteiger partial charge in [-0.25, -0.2) is 0 Å². The number of ether oxygens (including phenoxy) is 1. The lowest BCUT2D eigenvalue weighted by atomic mass is 10.2. The van der Waals surface area contributed by atoms with Gasteiger partial charge in [0.25, 0.3) is 0 Å². The second-order valence-corrected chi connectivity index (χ2v) is 5.58. The number of morpholine rings is 1. The Hall–Kier alpha value is -0.360. The minimum absolute atomic E-state index is 0. The van der Waals surface area contributed by atoms with Crippen molar-refractivity contribution >= 4 is 18.3 Å². The molecule has 2 heterocycles. The maximum atomic E-state index is 12.3. The van der Waals surface area contributed by atoms with Crippen molar-refractivity contribution < 1.29 is 9.53 Å². The number of carbonyl (C=O) groups is 1. The number of carbonyl (C=O) groups excluding carboxylic acids is 1. The fraction of sp³-hybridized carbons (Fsp3) is 0.923. The van der Waals surface area contributed by atoms with Crippen LogP contribution in [-0.4, -0.2) is 73.2 Å². The summed E-state index contributed by atoms with van der Waals surface area (Å²) in [4.78, 5) is 16.5. The number of halogens is 1. The summed E-state index contributed by atoms with van der Waals surface area (Å²) < 4.78 is 5.66. The molecule has 1 amide bonds. The number of hydrogen-bond acceptors (Lipinski definition) is 4. The predicted molar refractivity (Wildman–Crippen MR) is 77.7 cm³/mol. The first-order valence-corrected chi connectivity index (χ1v) is 6.94. The van der Waals surface area contributed by atoms with E-state index in [1.165, 1.54) is 0 Å². The van der Waals surface area contributed by atoms with Gasteiger partial charge >= 0.3 is 0 Å². The smallest absolute Gasteiger partial charge is 0.236 e. The Balaban J connectivity index is 0.00000180. The van der Waals surface area contributed by atoms with Gasteiger partial charge in [-0.05, 0) is 20.8 Å². The number of nitrogens with zero attached hydrogens (tertiary/aromatic N) is 2. The average molecular weight is 292 g/mol. The predicted octanol–water partition coefficient (Wildman–Crippen LogP) is 0.338. The van der Waals surface area contributed by atoms with Crippen molar-refractivity contribution in [3.63, 3.8) is 0 Å². The third kappa shape index (κ3) is 4.60. The molecule has 0 saturated carbocycles. The molecule has 2 saturated heterocycles. The Morgan fingerprint density at radius 3 is 2.47 bits per heavy atom. The largest absolute Gasteiger partial charge is 0.372 e. The first-order valence-electron chi connectivity index (χ1n) is 6.94. The van der Waals surface area contributed by atoms with Gasteiger partial charge in [0, 0.05) is 38.8 Å². The van der Waals surface area contributed by atoms with Crippen LogP contribution in [0.4, 0.5) is 0 Å². The minimum atomic E-state index is 0. The summed E-state index contributed by atoms with van der Waals surface area (Å²) in [6, 6.07) is 0.443. The van der Waals surface area contributed by atoms with E-state index in [1.54, 1.807) is 0 Å². The molecule has 2 aliphatic heterocycles. The molecule has 5 nitrogen and oxygen atoms in total. The highest BCUT2D eigenvalue weighted by Crippen LogP contribution is 2.12. The first kappa shape index (κ1) is 16.7. The van der Waals surface area contributed by atoms with Gasteiger partial charge in [-0.15, -0.1) is 12.4 Å². The van der Waals surface area contributed by atoms with Gasteiger partial charge in [0.05, 0.1) is 18.8 Å². The molecule has 112 valence electrons. The number of nitrogens with one attached hydrogen (secondary N) is 1. The van der Waals surface area contributed by atoms with Gasteiger partial charge in [-0.2, -0.15) is 0 Å². The molecule has 6 heteroatoms. The molecule has 0 aliphatic carbocycles. The van der Waals surface area contributed by atoms with Crippen LogP contribution < -0.4 is 5.32 Å². The second kappa shape index (κ2) is 7.43. The molecule has 0 bridgehead atoms. The zero-order valence-corrected chi connectivity index (χ0v) is 12.9. The standard InChI is InChI=1S/C13H25N3O2.ClH/c1-10-6-14-4-5-15(10)9-13(17)16-7-11(2)18-12(3)8-16;/h10-12,14H,4-9H2,1-3H3;1H/t10-,11?,12?;/m1./s1. The SMILES string of the molecule is CC1CN(C(=O)CN2CCNC[C@H]2C)CC(C)O1.Cl. The van der Waals surface area contributed by atoms with E-state index in [0.717, 1.165) is 32.7 Å². The van der Waals surface area contributed by atoms with Crippen molar-refractivity contribution in [2.75, 3.05) is 39.3 Å². The van der Waals surface area contributed by atoms with E-state index < -0.39 is 0 Å². The van der Waals surface area contributed by atoms with Crippen molar-refractivity contribution in [1.82, 2.24) is 15.1 Å². The van der Waals surface area contributed by atoms with Crippen LogP contribution >= 0.6 is 12.4 Å². The summed E-state index contributed by atoms with van der Waals surface area (Å²) in [7, 11) is 0. The van der Waals surface area contributed by atoms with Gasteiger partial charge in [0.15, 0.2) is 0 Å². The number of amides is 1. The third-order valence-electron chi connectivity index (χ3n) is 3.75. The van der Waals surface area contributed by atoms with Crippen LogP contribution in [0.5, 0.6) is 0 Å². The van der Waals surface area contributed by atoms with E-state index in [-0.39, 0.29) is 30.5 Å². The van der Waals surface area contributed by atoms with Gasteiger partial charge in [-0.1, -0.05) is 0 Å². The van der Waals surface area contributed by atoms with Crippen LogP contribution in [0.3, 0.4) is 0 Å². The lowest BCUT2D eigenvalue weighted by molar-refractivity contribution is -0.145. The Morgan fingerprint density at radius 2 is 1.89 bits per heavy atom. The molecule has 3 atom stereocenters. The molecule has 19 heavy (non-hydrogen) atoms. The zero-order valence-electron chi connectivity index (χ0n) is 12.1. The number of hydrogen-bond donors (Lipinski definition) is 1. The minimum Gasteiger partial charge on any atom is -0.372 e. The number of piperazine rings is 1. The average Bonchev–Trinajstić information content (AvgIpc) is 2.31. The monoisotopic (exact) mass is 291 g/mol. The van der Waals surface area contributed by atoms with E-state index in [0.29, 0.717) is 12.6 Å². The van der Waals surface area contributed by atoms with E-state index in [9.17, 15) is 4.79 Å². The van der Waals surface area contributed by atoms with Crippen LogP contribution in [0.25, 0.3) is 0 Å². The maximum absolute atomic E-state index is 12.3. The molecule has 2 rings (SSSR count). The number of rotatable bonds is 2. The van der Waals surface area contributed by atoms with Crippen LogP contribution in [0, 0.1) is 0 Å². The summed E-state index contributed by atoms with van der Waals surface area (Å²) in [6.07, 6.45) is 0.302. The van der Waals surface area contributed by atoms with E-state index >= 15 is 0 Å². The highest BCUT2D eigenvalue weighted by Gasteiger charge is 2.28. The normalized spacial score (nSPS) is 32.8. The molecular weight excluding hydrogens is 266 g/mol. The van der Waals surface area contributed by atoms with E-state index in [1.807, 2.05) is 18.7 Å². The molecule has 0 aromatic heterocycles. The Labute approximate surface area is 122 Å². The van der Waals surface area contributed by atoms with Crippen LogP contribution in [0.2, 0.25) is 0 Å². The summed E-state index contributed by atoms with van der Waals surface area (Å²) >= 11 is 0. The highest BCUT2D eigenvalue weighted by atomic mass is 35.5. The first-order chi connectivity index (χ1) is 8.56. The van der Waals surface area contributed by atoms with Gasteiger partial charge in [-0.3, -0.25) is 9.69 Å². The summed E-state index contributed by atoms with van der Waals surface area (Å²) in [5, 5.41) is 3.34. The fourth-order valence-electron chi connectivity index (χ4n) is 2.77. The summed E-state index contributed by atoms with van der Waals surface area (Å²) in [5.74, 6) is 0.241. The molecule has 0 spiro atoms. The van der Waals surface area contributed by atoms with Crippen LogP contribution in [0.15, 0.2) is 0 Å². The lowest BCUT2D eigenvalue weighted by Gasteiger charge is -2.38. The van der Waals surface area contributed by atoms with Crippen molar-refractivity contribution in [2.24, 2.45) is 0 Å². The summed E-state index contributed by atoms with van der Waals surface area (Å²) in [6.45, 7) is 11.1. The lowest BCUT2D eigenvalue weighted by Crippen LogP contribution is -2.55. The maximum Gasteiger partial charge on any atom is 0.236 e. The topological polar surface area (TPSA) is 44.8 Å². The quantitative estimate of drug-likeness (QED) is 0.797. The molecular formula is C13H26ClN3O2. The molecule has 2 unspecified atom stereocenters. The molecule has 2 aliphatic rings.